The molecule has 0 aliphatic heterocycles. The van der Waals surface area contributed by atoms with Gasteiger partial charge in [0.25, 0.3) is 0 Å². The lowest BCUT2D eigenvalue weighted by Crippen LogP contribution is -2.06. The van der Waals surface area contributed by atoms with Gasteiger partial charge in [0.05, 0.1) is 17.3 Å². The van der Waals surface area contributed by atoms with E-state index < -0.39 is 0 Å². The fourth-order valence-electron chi connectivity index (χ4n) is 2.42. The van der Waals surface area contributed by atoms with E-state index in [1.165, 1.54) is 6.42 Å². The molecule has 2 heterocycles. The van der Waals surface area contributed by atoms with Crippen molar-refractivity contribution in [2.75, 3.05) is 5.32 Å². The highest BCUT2D eigenvalue weighted by Gasteiger charge is 2.33. The number of anilines is 1. The molecule has 0 spiro atoms. The minimum atomic E-state index is 0.535. The van der Waals surface area contributed by atoms with Gasteiger partial charge in [0.2, 0.25) is 0 Å². The molecule has 20 heavy (non-hydrogen) atoms. The van der Waals surface area contributed by atoms with Gasteiger partial charge in [0, 0.05) is 6.04 Å². The topological polar surface area (TPSA) is 55.6 Å². The first-order valence-corrected chi connectivity index (χ1v) is 6.83. The van der Waals surface area contributed by atoms with Gasteiger partial charge in [-0.05, 0) is 24.5 Å². The highest BCUT2D eigenvalue weighted by atomic mass is 15.3. The molecule has 1 aliphatic rings. The van der Waals surface area contributed by atoms with Gasteiger partial charge in [-0.2, -0.15) is 5.10 Å². The van der Waals surface area contributed by atoms with E-state index in [4.69, 9.17) is 0 Å². The summed E-state index contributed by atoms with van der Waals surface area (Å²) in [5, 5.41) is 8.88. The van der Waals surface area contributed by atoms with Crippen LogP contribution in [-0.2, 0) is 0 Å². The Hall–Kier alpha value is -2.43. The Kier molecular flexibility index (Phi) is 2.45. The van der Waals surface area contributed by atoms with Crippen LogP contribution < -0.4 is 5.32 Å². The molecular weight excluding hydrogens is 250 g/mol. The summed E-state index contributed by atoms with van der Waals surface area (Å²) in [5.74, 6) is 1.61. The lowest BCUT2D eigenvalue weighted by Gasteiger charge is -2.05. The zero-order valence-corrected chi connectivity index (χ0v) is 11.2. The largest absolute Gasteiger partial charge is 0.366 e. The van der Waals surface area contributed by atoms with Gasteiger partial charge in [0.15, 0.2) is 5.65 Å². The molecule has 1 aromatic carbocycles. The number of rotatable bonds is 3. The third-order valence-corrected chi connectivity index (χ3v) is 3.80. The second-order valence-corrected chi connectivity index (χ2v) is 5.32. The van der Waals surface area contributed by atoms with Crippen LogP contribution in [0, 0.1) is 5.92 Å². The molecule has 1 N–H and O–H groups in total. The minimum Gasteiger partial charge on any atom is -0.366 e. The van der Waals surface area contributed by atoms with E-state index in [1.807, 2.05) is 41.2 Å². The van der Waals surface area contributed by atoms with Crippen LogP contribution in [0.5, 0.6) is 0 Å². The van der Waals surface area contributed by atoms with Crippen molar-refractivity contribution in [3.63, 3.8) is 0 Å². The summed E-state index contributed by atoms with van der Waals surface area (Å²) >= 11 is 0. The van der Waals surface area contributed by atoms with E-state index in [1.54, 1.807) is 6.33 Å². The maximum Gasteiger partial charge on any atom is 0.168 e. The number of para-hydroxylation sites is 1. The Morgan fingerprint density at radius 1 is 1.20 bits per heavy atom. The van der Waals surface area contributed by atoms with Gasteiger partial charge in [-0.25, -0.2) is 14.6 Å². The lowest BCUT2D eigenvalue weighted by atomic mass is 10.3. The van der Waals surface area contributed by atoms with E-state index >= 15 is 0 Å². The lowest BCUT2D eigenvalue weighted by molar-refractivity contribution is 0.894. The van der Waals surface area contributed by atoms with Crippen LogP contribution in [0.1, 0.15) is 13.3 Å². The van der Waals surface area contributed by atoms with Crippen molar-refractivity contribution in [1.29, 1.82) is 0 Å². The smallest absolute Gasteiger partial charge is 0.168 e. The predicted molar refractivity (Wildman–Crippen MR) is 77.9 cm³/mol. The van der Waals surface area contributed by atoms with Gasteiger partial charge < -0.3 is 5.32 Å². The van der Waals surface area contributed by atoms with Crippen molar-refractivity contribution < 1.29 is 0 Å². The molecule has 2 atom stereocenters. The summed E-state index contributed by atoms with van der Waals surface area (Å²) < 4.78 is 1.85. The number of aromatic nitrogens is 4. The molecule has 2 aromatic heterocycles. The van der Waals surface area contributed by atoms with Gasteiger partial charge in [-0.3, -0.25) is 0 Å². The fraction of sp³-hybridized carbons (Fsp3) is 0.267. The molecule has 2 unspecified atom stereocenters. The molecule has 100 valence electrons. The van der Waals surface area contributed by atoms with Gasteiger partial charge in [-0.15, -0.1) is 0 Å². The molecule has 0 bridgehead atoms. The van der Waals surface area contributed by atoms with Crippen molar-refractivity contribution >= 4 is 16.9 Å². The standard InChI is InChI=1S/C15H15N5/c1-10-7-13(10)19-14-12-8-18-20(15(12)17-9-16-14)11-5-3-2-4-6-11/h2-6,8-10,13H,7H2,1H3,(H,16,17,19). The van der Waals surface area contributed by atoms with Gasteiger partial charge in [0.1, 0.15) is 12.1 Å². The summed E-state index contributed by atoms with van der Waals surface area (Å²) in [7, 11) is 0. The Morgan fingerprint density at radius 3 is 2.75 bits per heavy atom. The first-order chi connectivity index (χ1) is 9.83. The number of nitrogens with zero attached hydrogens (tertiary/aromatic N) is 4. The van der Waals surface area contributed by atoms with Crippen molar-refractivity contribution in [2.45, 2.75) is 19.4 Å². The van der Waals surface area contributed by atoms with Crippen molar-refractivity contribution in [1.82, 2.24) is 19.7 Å². The quantitative estimate of drug-likeness (QED) is 0.791. The van der Waals surface area contributed by atoms with Crippen LogP contribution in [0.4, 0.5) is 5.82 Å². The van der Waals surface area contributed by atoms with E-state index in [0.29, 0.717) is 6.04 Å². The SMILES string of the molecule is CC1CC1Nc1ncnc2c1cnn2-c1ccccc1. The summed E-state index contributed by atoms with van der Waals surface area (Å²) in [6.07, 6.45) is 4.63. The van der Waals surface area contributed by atoms with Crippen LogP contribution >= 0.6 is 0 Å². The number of hydrogen-bond donors (Lipinski definition) is 1. The molecule has 3 aromatic rings. The predicted octanol–water partition coefficient (Wildman–Crippen LogP) is 2.64. The first-order valence-electron chi connectivity index (χ1n) is 6.83. The van der Waals surface area contributed by atoms with E-state index in [9.17, 15) is 0 Å². The molecular formula is C15H15N5. The normalized spacial score (nSPS) is 21.1. The molecule has 4 rings (SSSR count). The Morgan fingerprint density at radius 2 is 2.00 bits per heavy atom. The second-order valence-electron chi connectivity index (χ2n) is 5.32. The summed E-state index contributed by atoms with van der Waals surface area (Å²) in [6, 6.07) is 10.6. The molecule has 0 radical (unpaired) electrons. The van der Waals surface area contributed by atoms with Crippen LogP contribution in [0.3, 0.4) is 0 Å². The average molecular weight is 265 g/mol. The number of fused-ring (bicyclic) bond motifs is 1. The van der Waals surface area contributed by atoms with Gasteiger partial charge >= 0.3 is 0 Å². The highest BCUT2D eigenvalue weighted by Crippen LogP contribution is 2.33. The van der Waals surface area contributed by atoms with E-state index in [0.717, 1.165) is 28.5 Å². The van der Waals surface area contributed by atoms with Crippen molar-refractivity contribution in [2.24, 2.45) is 5.92 Å². The molecule has 0 saturated heterocycles. The average Bonchev–Trinajstić information content (AvgIpc) is 3.01. The zero-order valence-electron chi connectivity index (χ0n) is 11.2. The Balaban J connectivity index is 1.79. The van der Waals surface area contributed by atoms with Crippen LogP contribution in [0.25, 0.3) is 16.7 Å². The van der Waals surface area contributed by atoms with E-state index in [-0.39, 0.29) is 0 Å². The third kappa shape index (κ3) is 1.82. The molecule has 5 heteroatoms. The first kappa shape index (κ1) is 11.4. The van der Waals surface area contributed by atoms with Crippen molar-refractivity contribution in [3.8, 4) is 5.69 Å². The van der Waals surface area contributed by atoms with Crippen LogP contribution in [-0.4, -0.2) is 25.8 Å². The number of nitrogens with one attached hydrogen (secondary N) is 1. The molecule has 1 aliphatic carbocycles. The zero-order chi connectivity index (χ0) is 13.5. The monoisotopic (exact) mass is 265 g/mol. The minimum absolute atomic E-state index is 0.535. The summed E-state index contributed by atoms with van der Waals surface area (Å²) in [4.78, 5) is 8.73. The van der Waals surface area contributed by atoms with Crippen LogP contribution in [0.2, 0.25) is 0 Å². The number of benzene rings is 1. The molecule has 1 saturated carbocycles. The maximum absolute atomic E-state index is 4.45. The highest BCUT2D eigenvalue weighted by molar-refractivity contribution is 5.87. The summed E-state index contributed by atoms with van der Waals surface area (Å²) in [5.41, 5.74) is 1.84. The van der Waals surface area contributed by atoms with Crippen LogP contribution in [0.15, 0.2) is 42.9 Å². The fourth-order valence-corrected chi connectivity index (χ4v) is 2.42. The molecule has 1 fully saturated rings. The van der Waals surface area contributed by atoms with Gasteiger partial charge in [-0.1, -0.05) is 25.1 Å². The van der Waals surface area contributed by atoms with E-state index in [2.05, 4.69) is 27.3 Å². The Bertz CT molecular complexity index is 749. The second kappa shape index (κ2) is 4.30. The molecule has 5 nitrogen and oxygen atoms in total. The molecule has 0 amide bonds. The third-order valence-electron chi connectivity index (χ3n) is 3.80. The maximum atomic E-state index is 4.45. The Labute approximate surface area is 116 Å². The number of hydrogen-bond acceptors (Lipinski definition) is 4. The van der Waals surface area contributed by atoms with Crippen molar-refractivity contribution in [3.05, 3.63) is 42.9 Å². The summed E-state index contributed by atoms with van der Waals surface area (Å²) in [6.45, 7) is 2.24.